The molecule has 112 valence electrons. The summed E-state index contributed by atoms with van der Waals surface area (Å²) in [6.07, 6.45) is 2.85. The second-order valence-electron chi connectivity index (χ2n) is 4.82. The Morgan fingerprint density at radius 2 is 2.19 bits per heavy atom. The summed E-state index contributed by atoms with van der Waals surface area (Å²) in [4.78, 5) is 4.96. The van der Waals surface area contributed by atoms with Crippen molar-refractivity contribution in [2.75, 3.05) is 4.72 Å². The maximum atomic E-state index is 13.9. The molecule has 8 heteroatoms. The number of nitrogens with one attached hydrogen (secondary N) is 1. The van der Waals surface area contributed by atoms with E-state index in [-0.39, 0.29) is 6.54 Å². The Balaban J connectivity index is 1.89. The molecule has 0 radical (unpaired) electrons. The van der Waals surface area contributed by atoms with Crippen molar-refractivity contribution in [1.82, 2.24) is 4.98 Å². The fourth-order valence-corrected chi connectivity index (χ4v) is 4.64. The van der Waals surface area contributed by atoms with Crippen molar-refractivity contribution in [1.29, 1.82) is 0 Å². The van der Waals surface area contributed by atoms with E-state index < -0.39 is 20.7 Å². The Morgan fingerprint density at radius 1 is 1.38 bits per heavy atom. The van der Waals surface area contributed by atoms with E-state index in [2.05, 4.69) is 9.71 Å². The molecule has 0 atom stereocenters. The molecule has 3 N–H and O–H groups in total. The third-order valence-electron chi connectivity index (χ3n) is 3.34. The Morgan fingerprint density at radius 3 is 2.86 bits per heavy atom. The summed E-state index contributed by atoms with van der Waals surface area (Å²) in [6, 6.07) is 3.86. The first-order chi connectivity index (χ1) is 9.99. The number of anilines is 1. The summed E-state index contributed by atoms with van der Waals surface area (Å²) >= 11 is 1.31. The number of nitrogens with zero attached hydrogens (tertiary/aromatic N) is 1. The molecule has 3 rings (SSSR count). The minimum atomic E-state index is -3.97. The van der Waals surface area contributed by atoms with Gasteiger partial charge in [0.05, 0.1) is 5.69 Å². The van der Waals surface area contributed by atoms with E-state index in [0.717, 1.165) is 35.9 Å². The van der Waals surface area contributed by atoms with Gasteiger partial charge in [0, 0.05) is 11.4 Å². The number of fused-ring (bicyclic) bond motifs is 1. The van der Waals surface area contributed by atoms with Crippen LogP contribution >= 0.6 is 11.3 Å². The van der Waals surface area contributed by atoms with E-state index in [9.17, 15) is 12.8 Å². The van der Waals surface area contributed by atoms with Crippen LogP contribution in [0, 0.1) is 5.82 Å². The van der Waals surface area contributed by atoms with Gasteiger partial charge in [-0.25, -0.2) is 17.8 Å². The molecule has 5 nitrogen and oxygen atoms in total. The zero-order valence-electron chi connectivity index (χ0n) is 11.1. The summed E-state index contributed by atoms with van der Waals surface area (Å²) in [7, 11) is -3.97. The number of aryl methyl sites for hydroxylation is 2. The van der Waals surface area contributed by atoms with E-state index in [1.165, 1.54) is 23.5 Å². The van der Waals surface area contributed by atoms with Crippen LogP contribution in [-0.4, -0.2) is 13.4 Å². The zero-order valence-corrected chi connectivity index (χ0v) is 12.7. The van der Waals surface area contributed by atoms with Gasteiger partial charge in [0.1, 0.15) is 10.7 Å². The molecule has 1 aliphatic carbocycles. The minimum Gasteiger partial charge on any atom is -0.326 e. The Kier molecular flexibility index (Phi) is 3.68. The number of sulfonamides is 1. The van der Waals surface area contributed by atoms with Crippen LogP contribution < -0.4 is 10.5 Å². The average molecular weight is 327 g/mol. The topological polar surface area (TPSA) is 85.1 Å². The molecule has 0 saturated carbocycles. The van der Waals surface area contributed by atoms with Crippen LogP contribution in [0.5, 0.6) is 0 Å². The standard InChI is InChI=1S/C13H14FN3O2S2/c14-9-6-8(7-15)4-5-12(9)21(18,19)17-13-16-10-2-1-3-11(10)20-13/h4-6H,1-3,7,15H2,(H,16,17). The average Bonchev–Trinajstić information content (AvgIpc) is 2.98. The van der Waals surface area contributed by atoms with Gasteiger partial charge in [-0.3, -0.25) is 4.72 Å². The monoisotopic (exact) mass is 327 g/mol. The first-order valence-electron chi connectivity index (χ1n) is 6.49. The number of hydrogen-bond acceptors (Lipinski definition) is 5. The first-order valence-corrected chi connectivity index (χ1v) is 8.79. The minimum absolute atomic E-state index is 0.157. The van der Waals surface area contributed by atoms with Gasteiger partial charge < -0.3 is 5.73 Å². The van der Waals surface area contributed by atoms with E-state index in [0.29, 0.717) is 10.7 Å². The smallest absolute Gasteiger partial charge is 0.266 e. The third kappa shape index (κ3) is 2.78. The number of aromatic nitrogens is 1. The van der Waals surface area contributed by atoms with Gasteiger partial charge in [-0.15, -0.1) is 11.3 Å². The predicted molar refractivity (Wildman–Crippen MR) is 79.2 cm³/mol. The third-order valence-corrected chi connectivity index (χ3v) is 5.91. The van der Waals surface area contributed by atoms with Crippen LogP contribution in [0.15, 0.2) is 23.1 Å². The van der Waals surface area contributed by atoms with Gasteiger partial charge in [-0.05, 0) is 37.0 Å². The number of hydrogen-bond donors (Lipinski definition) is 2. The fourth-order valence-electron chi connectivity index (χ4n) is 2.29. The maximum absolute atomic E-state index is 13.9. The number of nitrogens with two attached hydrogens (primary N) is 1. The first kappa shape index (κ1) is 14.4. The summed E-state index contributed by atoms with van der Waals surface area (Å²) in [5, 5.41) is 0.294. The SMILES string of the molecule is NCc1ccc(S(=O)(=O)Nc2nc3c(s2)CCC3)c(F)c1. The quantitative estimate of drug-likeness (QED) is 0.900. The van der Waals surface area contributed by atoms with E-state index in [1.807, 2.05) is 0 Å². The summed E-state index contributed by atoms with van der Waals surface area (Å²) < 4.78 is 40.7. The lowest BCUT2D eigenvalue weighted by atomic mass is 10.2. The highest BCUT2D eigenvalue weighted by molar-refractivity contribution is 7.93. The lowest BCUT2D eigenvalue weighted by molar-refractivity contribution is 0.569. The molecular formula is C13H14FN3O2S2. The highest BCUT2D eigenvalue weighted by Crippen LogP contribution is 2.31. The van der Waals surface area contributed by atoms with Gasteiger partial charge in [-0.2, -0.15) is 0 Å². The van der Waals surface area contributed by atoms with E-state index >= 15 is 0 Å². The highest BCUT2D eigenvalue weighted by atomic mass is 32.2. The molecule has 0 aliphatic heterocycles. The van der Waals surface area contributed by atoms with Crippen molar-refractivity contribution in [2.45, 2.75) is 30.7 Å². The molecule has 0 unspecified atom stereocenters. The van der Waals surface area contributed by atoms with Gasteiger partial charge >= 0.3 is 0 Å². The molecule has 0 amide bonds. The van der Waals surface area contributed by atoms with Crippen molar-refractivity contribution in [3.63, 3.8) is 0 Å². The molecule has 0 fully saturated rings. The van der Waals surface area contributed by atoms with Gasteiger partial charge in [0.2, 0.25) is 0 Å². The van der Waals surface area contributed by atoms with Crippen LogP contribution in [0.1, 0.15) is 22.6 Å². The van der Waals surface area contributed by atoms with Crippen molar-refractivity contribution in [3.05, 3.63) is 40.2 Å². The van der Waals surface area contributed by atoms with Crippen molar-refractivity contribution in [2.24, 2.45) is 5.73 Å². The molecule has 0 spiro atoms. The molecule has 1 aliphatic rings. The summed E-state index contributed by atoms with van der Waals surface area (Å²) in [5.41, 5.74) is 6.89. The molecule has 0 bridgehead atoms. The van der Waals surface area contributed by atoms with E-state index in [1.54, 1.807) is 0 Å². The van der Waals surface area contributed by atoms with Crippen LogP contribution in [0.3, 0.4) is 0 Å². The lowest BCUT2D eigenvalue weighted by Gasteiger charge is -2.07. The largest absolute Gasteiger partial charge is 0.326 e. The van der Waals surface area contributed by atoms with Crippen molar-refractivity contribution < 1.29 is 12.8 Å². The van der Waals surface area contributed by atoms with Crippen molar-refractivity contribution in [3.8, 4) is 0 Å². The fraction of sp³-hybridized carbons (Fsp3) is 0.308. The zero-order chi connectivity index (χ0) is 15.0. The molecule has 1 heterocycles. The predicted octanol–water partition coefficient (Wildman–Crippen LogP) is 2.03. The molecular weight excluding hydrogens is 313 g/mol. The number of halogens is 1. The molecule has 21 heavy (non-hydrogen) atoms. The molecule has 2 aromatic rings. The number of rotatable bonds is 4. The van der Waals surface area contributed by atoms with Crippen LogP contribution in [0.25, 0.3) is 0 Å². The molecule has 0 saturated heterocycles. The van der Waals surface area contributed by atoms with Gasteiger partial charge in [0.25, 0.3) is 10.0 Å². The number of benzene rings is 1. The lowest BCUT2D eigenvalue weighted by Crippen LogP contribution is -2.15. The normalized spacial score (nSPS) is 14.2. The Labute approximate surface area is 126 Å². The molecule has 1 aromatic heterocycles. The van der Waals surface area contributed by atoms with Crippen LogP contribution in [0.2, 0.25) is 0 Å². The van der Waals surface area contributed by atoms with Crippen molar-refractivity contribution >= 4 is 26.5 Å². The van der Waals surface area contributed by atoms with Gasteiger partial charge in [-0.1, -0.05) is 6.07 Å². The van der Waals surface area contributed by atoms with Crippen LogP contribution in [0.4, 0.5) is 9.52 Å². The second kappa shape index (κ2) is 5.36. The van der Waals surface area contributed by atoms with Gasteiger partial charge in [0.15, 0.2) is 5.13 Å². The Hall–Kier alpha value is -1.51. The summed E-state index contributed by atoms with van der Waals surface area (Å²) in [5.74, 6) is -0.811. The van der Waals surface area contributed by atoms with E-state index in [4.69, 9.17) is 5.73 Å². The van der Waals surface area contributed by atoms with Crippen LogP contribution in [-0.2, 0) is 29.4 Å². The molecule has 1 aromatic carbocycles. The Bertz CT molecular complexity index is 765. The highest BCUT2D eigenvalue weighted by Gasteiger charge is 2.23. The number of thiazole rings is 1. The maximum Gasteiger partial charge on any atom is 0.266 e. The second-order valence-corrected chi connectivity index (χ2v) is 7.55. The summed E-state index contributed by atoms with van der Waals surface area (Å²) in [6.45, 7) is 0.157.